The Kier molecular flexibility index (Phi) is 7.32. The van der Waals surface area contributed by atoms with E-state index in [9.17, 15) is 14.0 Å². The molecule has 0 aliphatic rings. The van der Waals surface area contributed by atoms with Gasteiger partial charge in [0.15, 0.2) is 0 Å². The normalized spacial score (nSPS) is 11.5. The van der Waals surface area contributed by atoms with Gasteiger partial charge in [-0.25, -0.2) is 4.39 Å². The third-order valence-corrected chi connectivity index (χ3v) is 5.50. The van der Waals surface area contributed by atoms with Gasteiger partial charge in [-0.15, -0.1) is 10.2 Å². The van der Waals surface area contributed by atoms with Gasteiger partial charge < -0.3 is 10.1 Å². The van der Waals surface area contributed by atoms with Gasteiger partial charge in [0.25, 0.3) is 5.56 Å². The highest BCUT2D eigenvalue weighted by Crippen LogP contribution is 2.17. The van der Waals surface area contributed by atoms with E-state index in [2.05, 4.69) is 15.5 Å². The van der Waals surface area contributed by atoms with Crippen molar-refractivity contribution in [2.75, 3.05) is 13.2 Å². The molecule has 4 rings (SSSR count). The van der Waals surface area contributed by atoms with Crippen LogP contribution in [0.4, 0.5) is 4.39 Å². The summed E-state index contributed by atoms with van der Waals surface area (Å²) in [5.41, 5.74) is 1.25. The van der Waals surface area contributed by atoms with Crippen molar-refractivity contribution in [3.05, 3.63) is 76.1 Å². The van der Waals surface area contributed by atoms with E-state index in [1.807, 2.05) is 30.4 Å². The zero-order valence-electron chi connectivity index (χ0n) is 19.3. The van der Waals surface area contributed by atoms with Crippen LogP contribution in [-0.4, -0.2) is 44.3 Å². The average molecular weight is 466 g/mol. The SMILES string of the molecule is CC(C)OCCCNC(=O)CCc1nnc2n(Cc3ccc(F)cc3)c(=O)c3ccccc3n12. The van der Waals surface area contributed by atoms with Crippen LogP contribution in [0.1, 0.15) is 38.1 Å². The smallest absolute Gasteiger partial charge is 0.263 e. The highest BCUT2D eigenvalue weighted by molar-refractivity contribution is 5.80. The van der Waals surface area contributed by atoms with Crippen LogP contribution >= 0.6 is 0 Å². The summed E-state index contributed by atoms with van der Waals surface area (Å²) in [4.78, 5) is 25.6. The Morgan fingerprint density at radius 3 is 2.65 bits per heavy atom. The summed E-state index contributed by atoms with van der Waals surface area (Å²) >= 11 is 0. The van der Waals surface area contributed by atoms with Gasteiger partial charge in [-0.3, -0.25) is 18.6 Å². The standard InChI is InChI=1S/C25H28FN5O3/c1-17(2)34-15-5-14-27-23(32)13-12-22-28-29-25-30(16-18-8-10-19(26)11-9-18)24(33)20-6-3-4-7-21(20)31(22)25/h3-4,6-11,17H,5,12-16H2,1-2H3,(H,27,32). The number of rotatable bonds is 10. The third-order valence-electron chi connectivity index (χ3n) is 5.50. The van der Waals surface area contributed by atoms with E-state index in [1.54, 1.807) is 24.3 Å². The van der Waals surface area contributed by atoms with E-state index in [0.717, 1.165) is 12.0 Å². The molecule has 0 saturated carbocycles. The Morgan fingerprint density at radius 2 is 1.88 bits per heavy atom. The average Bonchev–Trinajstić information content (AvgIpc) is 3.25. The molecule has 2 aromatic carbocycles. The molecule has 0 radical (unpaired) electrons. The first-order valence-electron chi connectivity index (χ1n) is 11.4. The van der Waals surface area contributed by atoms with Gasteiger partial charge in [-0.1, -0.05) is 24.3 Å². The first-order chi connectivity index (χ1) is 16.4. The monoisotopic (exact) mass is 465 g/mol. The van der Waals surface area contributed by atoms with Gasteiger partial charge in [-0.2, -0.15) is 0 Å². The number of aromatic nitrogens is 4. The first kappa shape index (κ1) is 23.6. The lowest BCUT2D eigenvalue weighted by molar-refractivity contribution is -0.121. The van der Waals surface area contributed by atoms with Gasteiger partial charge in [0.05, 0.1) is 23.6 Å². The third kappa shape index (κ3) is 5.31. The maximum atomic E-state index is 13.3. The molecule has 0 aliphatic carbocycles. The van der Waals surface area contributed by atoms with E-state index >= 15 is 0 Å². The number of benzene rings is 2. The summed E-state index contributed by atoms with van der Waals surface area (Å²) in [6.07, 6.45) is 1.54. The van der Waals surface area contributed by atoms with Crippen LogP contribution in [0.15, 0.2) is 53.3 Å². The fourth-order valence-electron chi connectivity index (χ4n) is 3.82. The van der Waals surface area contributed by atoms with E-state index in [4.69, 9.17) is 4.74 Å². The highest BCUT2D eigenvalue weighted by atomic mass is 19.1. The molecule has 178 valence electrons. The number of fused-ring (bicyclic) bond motifs is 3. The van der Waals surface area contributed by atoms with Crippen molar-refractivity contribution in [2.45, 2.75) is 45.8 Å². The Hall–Kier alpha value is -3.59. The van der Waals surface area contributed by atoms with Gasteiger partial charge in [0.1, 0.15) is 11.6 Å². The quantitative estimate of drug-likeness (QED) is 0.364. The van der Waals surface area contributed by atoms with Crippen LogP contribution in [-0.2, 0) is 22.5 Å². The molecule has 34 heavy (non-hydrogen) atoms. The van der Waals surface area contributed by atoms with Crippen LogP contribution in [0.25, 0.3) is 16.7 Å². The Labute approximate surface area is 196 Å². The minimum Gasteiger partial charge on any atom is -0.379 e. The maximum absolute atomic E-state index is 13.3. The van der Waals surface area contributed by atoms with Gasteiger partial charge in [0.2, 0.25) is 11.7 Å². The predicted octanol–water partition coefficient (Wildman–Crippen LogP) is 3.10. The van der Waals surface area contributed by atoms with Crippen molar-refractivity contribution in [3.8, 4) is 0 Å². The molecule has 8 nitrogen and oxygen atoms in total. The molecule has 0 unspecified atom stereocenters. The molecule has 1 amide bonds. The zero-order chi connectivity index (χ0) is 24.1. The fraction of sp³-hybridized carbons (Fsp3) is 0.360. The number of hydrogen-bond donors (Lipinski definition) is 1. The number of amides is 1. The van der Waals surface area contributed by atoms with Crippen LogP contribution < -0.4 is 10.9 Å². The summed E-state index contributed by atoms with van der Waals surface area (Å²) in [5.74, 6) is 0.562. The minimum absolute atomic E-state index is 0.0785. The first-order valence-corrected chi connectivity index (χ1v) is 11.4. The Bertz CT molecular complexity index is 1340. The molecule has 2 heterocycles. The van der Waals surface area contributed by atoms with Crippen LogP contribution in [0.5, 0.6) is 0 Å². The van der Waals surface area contributed by atoms with E-state index < -0.39 is 0 Å². The number of para-hydroxylation sites is 1. The summed E-state index contributed by atoms with van der Waals surface area (Å²) in [6, 6.07) is 13.3. The van der Waals surface area contributed by atoms with E-state index in [-0.39, 0.29) is 36.4 Å². The molecule has 0 fully saturated rings. The predicted molar refractivity (Wildman–Crippen MR) is 127 cm³/mol. The van der Waals surface area contributed by atoms with Crippen molar-refractivity contribution in [3.63, 3.8) is 0 Å². The molecular formula is C25H28FN5O3. The number of aryl methyl sites for hydroxylation is 1. The van der Waals surface area contributed by atoms with E-state index in [1.165, 1.54) is 16.7 Å². The Morgan fingerprint density at radius 1 is 1.12 bits per heavy atom. The Balaban J connectivity index is 1.57. The second-order valence-electron chi connectivity index (χ2n) is 8.41. The number of nitrogens with one attached hydrogen (secondary N) is 1. The molecule has 2 aromatic heterocycles. The number of halogens is 1. The summed E-state index contributed by atoms with van der Waals surface area (Å²) in [5, 5.41) is 12.0. The topological polar surface area (TPSA) is 90.5 Å². The van der Waals surface area contributed by atoms with Crippen LogP contribution in [0, 0.1) is 5.82 Å². The lowest BCUT2D eigenvalue weighted by Gasteiger charge is -2.12. The van der Waals surface area contributed by atoms with Gasteiger partial charge >= 0.3 is 0 Å². The number of carbonyl (C=O) groups is 1. The number of nitrogens with zero attached hydrogens (tertiary/aromatic N) is 4. The molecule has 9 heteroatoms. The lowest BCUT2D eigenvalue weighted by Crippen LogP contribution is -2.26. The van der Waals surface area contributed by atoms with Gasteiger partial charge in [-0.05, 0) is 50.1 Å². The van der Waals surface area contributed by atoms with E-state index in [0.29, 0.717) is 42.1 Å². The molecule has 0 atom stereocenters. The molecule has 0 spiro atoms. The van der Waals surface area contributed by atoms with Crippen molar-refractivity contribution < 1.29 is 13.9 Å². The summed E-state index contributed by atoms with van der Waals surface area (Å²) in [6.45, 7) is 5.33. The van der Waals surface area contributed by atoms with Crippen LogP contribution in [0.2, 0.25) is 0 Å². The minimum atomic E-state index is -0.338. The molecule has 0 saturated heterocycles. The van der Waals surface area contributed by atoms with Crippen molar-refractivity contribution in [1.82, 2.24) is 24.5 Å². The number of carbonyl (C=O) groups excluding carboxylic acids is 1. The van der Waals surface area contributed by atoms with Crippen molar-refractivity contribution >= 4 is 22.6 Å². The number of ether oxygens (including phenoxy) is 1. The maximum Gasteiger partial charge on any atom is 0.263 e. The second-order valence-corrected chi connectivity index (χ2v) is 8.41. The van der Waals surface area contributed by atoms with Crippen LogP contribution in [0.3, 0.4) is 0 Å². The second kappa shape index (κ2) is 10.6. The largest absolute Gasteiger partial charge is 0.379 e. The van der Waals surface area contributed by atoms with Crippen molar-refractivity contribution in [2.24, 2.45) is 0 Å². The molecule has 0 aliphatic heterocycles. The lowest BCUT2D eigenvalue weighted by atomic mass is 10.2. The van der Waals surface area contributed by atoms with Crippen molar-refractivity contribution in [1.29, 1.82) is 0 Å². The zero-order valence-corrected chi connectivity index (χ0v) is 19.3. The molecule has 0 bridgehead atoms. The number of hydrogen-bond acceptors (Lipinski definition) is 5. The summed E-state index contributed by atoms with van der Waals surface area (Å²) in [7, 11) is 0. The van der Waals surface area contributed by atoms with Gasteiger partial charge in [0, 0.05) is 26.0 Å². The molecule has 4 aromatic rings. The molecule has 1 N–H and O–H groups in total. The fourth-order valence-corrected chi connectivity index (χ4v) is 3.82. The summed E-state index contributed by atoms with van der Waals surface area (Å²) < 4.78 is 22.2. The molecular weight excluding hydrogens is 437 g/mol. The highest BCUT2D eigenvalue weighted by Gasteiger charge is 2.17.